The number of carboxylic acid groups (broad SMARTS) is 1. The molecule has 2 rings (SSSR count). The molecule has 0 saturated heterocycles. The molecule has 0 fully saturated rings. The van der Waals surface area contributed by atoms with Gasteiger partial charge in [-0.2, -0.15) is 0 Å². The second-order valence-corrected chi connectivity index (χ2v) is 5.48. The molecule has 6 heteroatoms. The monoisotopic (exact) mass is 296 g/mol. The quantitative estimate of drug-likeness (QED) is 0.943. The first kappa shape index (κ1) is 14.3. The zero-order valence-electron chi connectivity index (χ0n) is 10.2. The van der Waals surface area contributed by atoms with Gasteiger partial charge >= 0.3 is 5.97 Å². The number of carboxylic acids is 1. The first-order chi connectivity index (χ1) is 9.49. The molecule has 0 radical (unpaired) electrons. The van der Waals surface area contributed by atoms with Crippen LogP contribution in [-0.4, -0.2) is 15.3 Å². The Bertz CT molecular complexity index is 669. The van der Waals surface area contributed by atoms with Crippen molar-refractivity contribution in [1.29, 1.82) is 0 Å². The van der Waals surface area contributed by atoms with Crippen LogP contribution in [0.2, 0.25) is 0 Å². The van der Waals surface area contributed by atoms with Crippen LogP contribution in [0.4, 0.5) is 8.78 Å². The van der Waals surface area contributed by atoms with Gasteiger partial charge in [-0.05, 0) is 30.3 Å². The van der Waals surface area contributed by atoms with Crippen LogP contribution in [-0.2, 0) is 16.6 Å². The fourth-order valence-corrected chi connectivity index (χ4v) is 2.75. The lowest BCUT2D eigenvalue weighted by Crippen LogP contribution is -2.02. The van der Waals surface area contributed by atoms with E-state index in [2.05, 4.69) is 0 Å². The number of carbonyl (C=O) groups is 1. The predicted octanol–water partition coefficient (Wildman–Crippen LogP) is 2.97. The van der Waals surface area contributed by atoms with Crippen LogP contribution in [0, 0.1) is 11.6 Å². The van der Waals surface area contributed by atoms with Gasteiger partial charge in [0.1, 0.15) is 0 Å². The summed E-state index contributed by atoms with van der Waals surface area (Å²) in [6.07, 6.45) is 0. The zero-order chi connectivity index (χ0) is 14.7. The van der Waals surface area contributed by atoms with E-state index < -0.39 is 28.4 Å². The van der Waals surface area contributed by atoms with Gasteiger partial charge in [0.15, 0.2) is 11.6 Å². The van der Waals surface area contributed by atoms with Gasteiger partial charge in [-0.1, -0.05) is 12.1 Å². The number of aromatic carboxylic acids is 1. The lowest BCUT2D eigenvalue weighted by Gasteiger charge is -2.05. The summed E-state index contributed by atoms with van der Waals surface area (Å²) in [5.74, 6) is -3.25. The van der Waals surface area contributed by atoms with E-state index in [4.69, 9.17) is 5.11 Å². The zero-order valence-corrected chi connectivity index (χ0v) is 11.0. The standard InChI is InChI=1S/C14H10F2O3S/c15-12-3-1-2-10(13(12)16)8-20(19)11-6-4-9(5-7-11)14(17)18/h1-7H,8H2,(H,17,18). The molecule has 1 atom stereocenters. The van der Waals surface area contributed by atoms with E-state index in [-0.39, 0.29) is 16.9 Å². The van der Waals surface area contributed by atoms with Crippen molar-refractivity contribution in [2.45, 2.75) is 10.6 Å². The van der Waals surface area contributed by atoms with Crippen LogP contribution >= 0.6 is 0 Å². The second kappa shape index (κ2) is 5.92. The van der Waals surface area contributed by atoms with Gasteiger partial charge in [0.2, 0.25) is 0 Å². The van der Waals surface area contributed by atoms with Gasteiger partial charge < -0.3 is 5.11 Å². The van der Waals surface area contributed by atoms with Crippen LogP contribution < -0.4 is 0 Å². The summed E-state index contributed by atoms with van der Waals surface area (Å²) < 4.78 is 38.5. The molecule has 0 aliphatic heterocycles. The highest BCUT2D eigenvalue weighted by molar-refractivity contribution is 7.84. The summed E-state index contributed by atoms with van der Waals surface area (Å²) in [5.41, 5.74) is 0.0910. The average Bonchev–Trinajstić information content (AvgIpc) is 2.44. The smallest absolute Gasteiger partial charge is 0.335 e. The Balaban J connectivity index is 2.20. The maximum absolute atomic E-state index is 13.5. The molecule has 1 N–H and O–H groups in total. The summed E-state index contributed by atoms with van der Waals surface area (Å²) >= 11 is 0. The Kier molecular flexibility index (Phi) is 4.24. The topological polar surface area (TPSA) is 54.4 Å². The molecule has 0 aliphatic rings. The van der Waals surface area contributed by atoms with E-state index in [1.54, 1.807) is 0 Å². The highest BCUT2D eigenvalue weighted by Gasteiger charge is 2.12. The minimum Gasteiger partial charge on any atom is -0.478 e. The number of hydrogen-bond donors (Lipinski definition) is 1. The van der Waals surface area contributed by atoms with Crippen LogP contribution in [0.15, 0.2) is 47.4 Å². The van der Waals surface area contributed by atoms with Gasteiger partial charge in [0.05, 0.1) is 22.1 Å². The lowest BCUT2D eigenvalue weighted by molar-refractivity contribution is 0.0697. The Morgan fingerprint density at radius 2 is 1.75 bits per heavy atom. The second-order valence-electron chi connectivity index (χ2n) is 4.03. The Labute approximate surface area is 116 Å². The molecule has 2 aromatic carbocycles. The van der Waals surface area contributed by atoms with E-state index in [9.17, 15) is 17.8 Å². The molecule has 104 valence electrons. The molecule has 20 heavy (non-hydrogen) atoms. The number of benzene rings is 2. The van der Waals surface area contributed by atoms with Crippen LogP contribution in [0.25, 0.3) is 0 Å². The SMILES string of the molecule is O=C(O)c1ccc(S(=O)Cc2cccc(F)c2F)cc1. The van der Waals surface area contributed by atoms with Crippen molar-refractivity contribution in [3.8, 4) is 0 Å². The summed E-state index contributed by atoms with van der Waals surface area (Å²) in [4.78, 5) is 11.0. The number of hydrogen-bond acceptors (Lipinski definition) is 2. The maximum Gasteiger partial charge on any atom is 0.335 e. The molecule has 1 unspecified atom stereocenters. The van der Waals surface area contributed by atoms with Crippen molar-refractivity contribution < 1.29 is 22.9 Å². The fourth-order valence-electron chi connectivity index (χ4n) is 1.63. The third kappa shape index (κ3) is 3.08. The van der Waals surface area contributed by atoms with Crippen molar-refractivity contribution >= 4 is 16.8 Å². The van der Waals surface area contributed by atoms with Crippen molar-refractivity contribution in [3.05, 3.63) is 65.2 Å². The van der Waals surface area contributed by atoms with Gasteiger partial charge in [0.25, 0.3) is 0 Å². The lowest BCUT2D eigenvalue weighted by atomic mass is 10.2. The summed E-state index contributed by atoms with van der Waals surface area (Å²) in [5, 5.41) is 8.75. The third-order valence-electron chi connectivity index (χ3n) is 2.68. The Morgan fingerprint density at radius 1 is 1.10 bits per heavy atom. The molecule has 3 nitrogen and oxygen atoms in total. The molecular weight excluding hydrogens is 286 g/mol. The van der Waals surface area contributed by atoms with Crippen molar-refractivity contribution in [2.75, 3.05) is 0 Å². The highest BCUT2D eigenvalue weighted by Crippen LogP contribution is 2.17. The van der Waals surface area contributed by atoms with Crippen molar-refractivity contribution in [2.24, 2.45) is 0 Å². The van der Waals surface area contributed by atoms with Crippen LogP contribution in [0.1, 0.15) is 15.9 Å². The van der Waals surface area contributed by atoms with E-state index in [0.29, 0.717) is 4.90 Å². The minimum atomic E-state index is -1.57. The van der Waals surface area contributed by atoms with E-state index in [1.165, 1.54) is 36.4 Å². The maximum atomic E-state index is 13.5. The summed E-state index contributed by atoms with van der Waals surface area (Å²) in [7, 11) is -1.57. The van der Waals surface area contributed by atoms with E-state index in [0.717, 1.165) is 6.07 Å². The Hall–Kier alpha value is -2.08. The molecule has 0 bridgehead atoms. The van der Waals surface area contributed by atoms with Gasteiger partial charge in [-0.3, -0.25) is 4.21 Å². The fraction of sp³-hybridized carbons (Fsp3) is 0.0714. The van der Waals surface area contributed by atoms with Crippen molar-refractivity contribution in [3.63, 3.8) is 0 Å². The average molecular weight is 296 g/mol. The normalized spacial score (nSPS) is 12.1. The minimum absolute atomic E-state index is 0.0191. The molecule has 0 spiro atoms. The molecule has 0 heterocycles. The highest BCUT2D eigenvalue weighted by atomic mass is 32.2. The summed E-state index contributed by atoms with van der Waals surface area (Å²) in [6.45, 7) is 0. The number of halogens is 2. The third-order valence-corrected chi connectivity index (χ3v) is 4.05. The number of rotatable bonds is 4. The molecule has 2 aromatic rings. The van der Waals surface area contributed by atoms with Gasteiger partial charge in [-0.15, -0.1) is 0 Å². The van der Waals surface area contributed by atoms with Crippen molar-refractivity contribution in [1.82, 2.24) is 0 Å². The predicted molar refractivity (Wildman–Crippen MR) is 69.9 cm³/mol. The largest absolute Gasteiger partial charge is 0.478 e. The first-order valence-corrected chi connectivity index (χ1v) is 6.95. The Morgan fingerprint density at radius 3 is 2.35 bits per heavy atom. The molecule has 0 saturated carbocycles. The first-order valence-electron chi connectivity index (χ1n) is 5.63. The van der Waals surface area contributed by atoms with E-state index >= 15 is 0 Å². The van der Waals surface area contributed by atoms with Crippen LogP contribution in [0.3, 0.4) is 0 Å². The van der Waals surface area contributed by atoms with Gasteiger partial charge in [-0.25, -0.2) is 13.6 Å². The summed E-state index contributed by atoms with van der Waals surface area (Å²) in [6, 6.07) is 9.13. The van der Waals surface area contributed by atoms with Gasteiger partial charge in [0, 0.05) is 10.5 Å². The van der Waals surface area contributed by atoms with Crippen LogP contribution in [0.5, 0.6) is 0 Å². The molecular formula is C14H10F2O3S. The molecule has 0 amide bonds. The molecule has 0 aliphatic carbocycles. The van der Waals surface area contributed by atoms with E-state index in [1.807, 2.05) is 0 Å². The molecule has 0 aromatic heterocycles.